The van der Waals surface area contributed by atoms with Crippen molar-refractivity contribution in [1.82, 2.24) is 19.9 Å². The number of nitrogens with zero attached hydrogens (tertiary/aromatic N) is 5. The van der Waals surface area contributed by atoms with Gasteiger partial charge in [0.15, 0.2) is 0 Å². The average Bonchev–Trinajstić information content (AvgIpc) is 3.29. The molecule has 6 rings (SSSR count). The van der Waals surface area contributed by atoms with Gasteiger partial charge in [0.05, 0.1) is 22.4 Å². The Bertz CT molecular complexity index is 1590. The Balaban J connectivity index is 1.38. The molecule has 0 bridgehead atoms. The van der Waals surface area contributed by atoms with Gasteiger partial charge in [0.25, 0.3) is 0 Å². The second-order valence-corrected chi connectivity index (χ2v) is 8.82. The van der Waals surface area contributed by atoms with E-state index in [9.17, 15) is 13.6 Å². The molecule has 5 aromatic rings. The number of fused-ring (bicyclic) bond motifs is 1. The number of halogens is 2. The summed E-state index contributed by atoms with van der Waals surface area (Å²) >= 11 is 0. The summed E-state index contributed by atoms with van der Waals surface area (Å²) in [6.07, 6.45) is 3.47. The fraction of sp³-hybridized carbons (Fsp3) is 0.103. The molecule has 0 saturated carbocycles. The number of aromatic nitrogens is 3. The molecule has 2 amide bonds. The number of carbonyl (C=O) groups excluding carboxylic acids is 1. The van der Waals surface area contributed by atoms with Crippen molar-refractivity contribution < 1.29 is 13.6 Å². The van der Waals surface area contributed by atoms with E-state index in [4.69, 9.17) is 9.97 Å². The van der Waals surface area contributed by atoms with Crippen molar-refractivity contribution in [2.24, 2.45) is 0 Å². The first-order valence-corrected chi connectivity index (χ1v) is 11.8. The first kappa shape index (κ1) is 22.7. The Morgan fingerprint density at radius 2 is 1.41 bits per heavy atom. The van der Waals surface area contributed by atoms with Gasteiger partial charge >= 0.3 is 6.03 Å². The van der Waals surface area contributed by atoms with Gasteiger partial charge in [0, 0.05) is 48.8 Å². The third-order valence-electron chi connectivity index (χ3n) is 6.39. The average molecular weight is 494 g/mol. The number of hydrogen-bond donors (Lipinski definition) is 0. The second kappa shape index (κ2) is 9.39. The summed E-state index contributed by atoms with van der Waals surface area (Å²) in [6.45, 7) is 1.64. The smallest absolute Gasteiger partial charge is 0.318 e. The first-order valence-electron chi connectivity index (χ1n) is 11.8. The monoisotopic (exact) mass is 493 g/mol. The fourth-order valence-corrected chi connectivity index (χ4v) is 4.51. The van der Waals surface area contributed by atoms with E-state index < -0.39 is 0 Å². The summed E-state index contributed by atoms with van der Waals surface area (Å²) in [5, 5.41) is 0. The van der Waals surface area contributed by atoms with E-state index in [0.717, 1.165) is 11.3 Å². The number of urea groups is 1. The Labute approximate surface area is 211 Å². The maximum absolute atomic E-state index is 13.6. The fourth-order valence-electron chi connectivity index (χ4n) is 4.51. The van der Waals surface area contributed by atoms with Crippen LogP contribution in [0.4, 0.5) is 19.3 Å². The largest absolute Gasteiger partial charge is 0.324 e. The number of benzene rings is 3. The maximum Gasteiger partial charge on any atom is 0.324 e. The Morgan fingerprint density at radius 1 is 0.757 bits per heavy atom. The minimum atomic E-state index is -0.355. The molecule has 3 aromatic carbocycles. The first-order chi connectivity index (χ1) is 18.0. The van der Waals surface area contributed by atoms with E-state index >= 15 is 0 Å². The lowest BCUT2D eigenvalue weighted by molar-refractivity contribution is 0.218. The van der Waals surface area contributed by atoms with Crippen LogP contribution < -0.4 is 4.90 Å². The summed E-state index contributed by atoms with van der Waals surface area (Å²) in [5.41, 5.74) is 5.41. The van der Waals surface area contributed by atoms with E-state index in [0.29, 0.717) is 53.2 Å². The van der Waals surface area contributed by atoms with Crippen LogP contribution in [0.2, 0.25) is 0 Å². The van der Waals surface area contributed by atoms with Gasteiger partial charge in [0.2, 0.25) is 0 Å². The van der Waals surface area contributed by atoms with Crippen molar-refractivity contribution >= 4 is 22.8 Å². The quantitative estimate of drug-likeness (QED) is 0.298. The Morgan fingerprint density at radius 3 is 2.03 bits per heavy atom. The van der Waals surface area contributed by atoms with Crippen molar-refractivity contribution in [1.29, 1.82) is 0 Å². The summed E-state index contributed by atoms with van der Waals surface area (Å²) in [6, 6.07) is 21.3. The Kier molecular flexibility index (Phi) is 5.76. The summed E-state index contributed by atoms with van der Waals surface area (Å²) in [4.78, 5) is 30.5. The highest BCUT2D eigenvalue weighted by molar-refractivity contribution is 5.96. The molecule has 0 aliphatic carbocycles. The molecule has 1 saturated heterocycles. The van der Waals surface area contributed by atoms with Crippen LogP contribution in [0.25, 0.3) is 33.5 Å². The van der Waals surface area contributed by atoms with Crippen LogP contribution in [0, 0.1) is 11.6 Å². The van der Waals surface area contributed by atoms with Crippen molar-refractivity contribution in [3.05, 3.63) is 108 Å². The molecule has 0 radical (unpaired) electrons. The normalized spacial score (nSPS) is 13.5. The highest BCUT2D eigenvalue weighted by Gasteiger charge is 2.30. The highest BCUT2D eigenvalue weighted by atomic mass is 19.1. The predicted octanol–water partition coefficient (Wildman–Crippen LogP) is 6.08. The lowest BCUT2D eigenvalue weighted by Gasteiger charge is -2.19. The van der Waals surface area contributed by atoms with Crippen molar-refractivity contribution in [3.63, 3.8) is 0 Å². The molecule has 0 spiro atoms. The minimum Gasteiger partial charge on any atom is -0.318 e. The van der Waals surface area contributed by atoms with Crippen LogP contribution in [-0.2, 0) is 6.54 Å². The molecular weight excluding hydrogens is 472 g/mol. The zero-order chi connectivity index (χ0) is 25.4. The van der Waals surface area contributed by atoms with E-state index in [-0.39, 0.29) is 17.7 Å². The van der Waals surface area contributed by atoms with Gasteiger partial charge in [0.1, 0.15) is 11.6 Å². The number of hydrogen-bond acceptors (Lipinski definition) is 4. The van der Waals surface area contributed by atoms with Crippen molar-refractivity contribution in [3.8, 4) is 22.5 Å². The predicted molar refractivity (Wildman–Crippen MR) is 138 cm³/mol. The molecule has 6 nitrogen and oxygen atoms in total. The summed E-state index contributed by atoms with van der Waals surface area (Å²) in [5.74, 6) is -0.704. The van der Waals surface area contributed by atoms with E-state index in [1.165, 1.54) is 24.3 Å². The minimum absolute atomic E-state index is 0.0853. The SMILES string of the molecule is O=C1N(Cc2cccnc2)CCN1c1ccc2nc(-c3ccc(F)cc3)c(-c3ccc(F)cc3)nc2c1. The number of amides is 2. The van der Waals surface area contributed by atoms with E-state index in [1.807, 2.05) is 30.3 Å². The van der Waals surface area contributed by atoms with Crippen LogP contribution >= 0.6 is 0 Å². The van der Waals surface area contributed by atoms with Gasteiger partial charge in [-0.15, -0.1) is 0 Å². The third-order valence-corrected chi connectivity index (χ3v) is 6.39. The van der Waals surface area contributed by atoms with Gasteiger partial charge in [-0.1, -0.05) is 6.07 Å². The zero-order valence-electron chi connectivity index (χ0n) is 19.7. The topological polar surface area (TPSA) is 62.2 Å². The van der Waals surface area contributed by atoms with Gasteiger partial charge in [-0.2, -0.15) is 0 Å². The molecule has 3 heterocycles. The number of anilines is 1. The molecule has 1 aliphatic heterocycles. The molecule has 1 aliphatic rings. The number of carbonyl (C=O) groups is 1. The molecule has 8 heteroatoms. The molecule has 0 N–H and O–H groups in total. The third kappa shape index (κ3) is 4.49. The van der Waals surface area contributed by atoms with Gasteiger partial charge in [-0.05, 0) is 78.4 Å². The van der Waals surface area contributed by atoms with Crippen LogP contribution in [0.15, 0.2) is 91.3 Å². The van der Waals surface area contributed by atoms with Crippen LogP contribution in [-0.4, -0.2) is 39.0 Å². The van der Waals surface area contributed by atoms with Crippen LogP contribution in [0.1, 0.15) is 5.56 Å². The number of pyridine rings is 1. The summed E-state index contributed by atoms with van der Waals surface area (Å²) in [7, 11) is 0. The molecule has 1 fully saturated rings. The Hall–Kier alpha value is -4.72. The molecule has 0 atom stereocenters. The van der Waals surface area contributed by atoms with Gasteiger partial charge in [-0.3, -0.25) is 9.88 Å². The van der Waals surface area contributed by atoms with Crippen LogP contribution in [0.3, 0.4) is 0 Å². The van der Waals surface area contributed by atoms with E-state index in [1.54, 1.807) is 46.5 Å². The molecule has 2 aromatic heterocycles. The highest BCUT2D eigenvalue weighted by Crippen LogP contribution is 2.33. The maximum atomic E-state index is 13.6. The van der Waals surface area contributed by atoms with Crippen LogP contribution in [0.5, 0.6) is 0 Å². The molecule has 0 unspecified atom stereocenters. The number of rotatable bonds is 5. The van der Waals surface area contributed by atoms with Gasteiger partial charge in [-0.25, -0.2) is 23.5 Å². The lowest BCUT2D eigenvalue weighted by atomic mass is 10.0. The molecule has 37 heavy (non-hydrogen) atoms. The zero-order valence-corrected chi connectivity index (χ0v) is 19.7. The lowest BCUT2D eigenvalue weighted by Crippen LogP contribution is -2.31. The van der Waals surface area contributed by atoms with Crippen molar-refractivity contribution in [2.75, 3.05) is 18.0 Å². The summed E-state index contributed by atoms with van der Waals surface area (Å²) < 4.78 is 27.2. The second-order valence-electron chi connectivity index (χ2n) is 8.82. The standard InChI is InChI=1S/C29H21F2N5O/c30-22-7-3-20(4-8-22)27-28(21-5-9-23(31)10-6-21)34-26-16-24(11-12-25(26)33-27)36-15-14-35(29(36)37)18-19-2-1-13-32-17-19/h1-13,16-17H,14-15,18H2. The molecule has 182 valence electrons. The van der Waals surface area contributed by atoms with Gasteiger partial charge < -0.3 is 4.90 Å². The molecular formula is C29H21F2N5O. The van der Waals surface area contributed by atoms with Crippen molar-refractivity contribution in [2.45, 2.75) is 6.54 Å². The van der Waals surface area contributed by atoms with E-state index in [2.05, 4.69) is 4.98 Å².